The molecular formula is C13H14BF4NO. The Morgan fingerprint density at radius 3 is 2.10 bits per heavy atom. The first kappa shape index (κ1) is 18.0. The van der Waals surface area contributed by atoms with Gasteiger partial charge in [0.15, 0.2) is 6.61 Å². The molecule has 0 spiro atoms. The van der Waals surface area contributed by atoms with E-state index in [2.05, 4.69) is 12.1 Å². The number of aromatic nitrogens is 1. The van der Waals surface area contributed by atoms with Crippen molar-refractivity contribution in [2.45, 2.75) is 6.92 Å². The van der Waals surface area contributed by atoms with Gasteiger partial charge in [-0.2, -0.15) is 0 Å². The summed E-state index contributed by atoms with van der Waals surface area (Å²) in [4.78, 5) is 5.51. The first-order chi connectivity index (χ1) is 9.15. The van der Waals surface area contributed by atoms with Crippen LogP contribution in [0.25, 0.3) is 11.3 Å². The third kappa shape index (κ3) is 6.22. The van der Waals surface area contributed by atoms with E-state index in [4.69, 9.17) is 4.84 Å². The lowest BCUT2D eigenvalue weighted by Gasteiger charge is -2.00. The Morgan fingerprint density at radius 2 is 1.55 bits per heavy atom. The Bertz CT molecular complexity index is 482. The van der Waals surface area contributed by atoms with Crippen molar-refractivity contribution in [3.63, 3.8) is 0 Å². The third-order valence-electron chi connectivity index (χ3n) is 2.16. The van der Waals surface area contributed by atoms with Crippen molar-refractivity contribution < 1.29 is 27.2 Å². The minimum absolute atomic E-state index is 0. The quantitative estimate of drug-likeness (QED) is 0.439. The average molecular weight is 287 g/mol. The zero-order valence-electron chi connectivity index (χ0n) is 10.8. The van der Waals surface area contributed by atoms with E-state index < -0.39 is 7.54 Å². The van der Waals surface area contributed by atoms with Crippen LogP contribution >= 0.6 is 0 Å². The molecule has 2 aromatic rings. The first-order valence-corrected chi connectivity index (χ1v) is 5.76. The molecule has 0 amide bonds. The fourth-order valence-corrected chi connectivity index (χ4v) is 1.51. The van der Waals surface area contributed by atoms with Gasteiger partial charge in [-0.3, -0.25) is 17.8 Å². The Balaban J connectivity index is 0.000000644. The SMILES string of the molecule is CCO[n+]1ccccc1-c1ccccc1.FB(F)F.[F-]. The molecule has 0 aliphatic heterocycles. The van der Waals surface area contributed by atoms with Crippen LogP contribution < -0.4 is 14.3 Å². The lowest BCUT2D eigenvalue weighted by atomic mass is 10.1. The predicted octanol–water partition coefficient (Wildman–Crippen LogP) is -0.0266. The molecule has 2 nitrogen and oxygen atoms in total. The lowest BCUT2D eigenvalue weighted by Crippen LogP contribution is -3.00. The molecule has 108 valence electrons. The average Bonchev–Trinajstić information content (AvgIpc) is 2.40. The molecular weight excluding hydrogens is 273 g/mol. The van der Waals surface area contributed by atoms with E-state index in [-0.39, 0.29) is 4.70 Å². The summed E-state index contributed by atoms with van der Waals surface area (Å²) in [6, 6.07) is 16.2. The minimum atomic E-state index is -3.67. The van der Waals surface area contributed by atoms with Crippen LogP contribution in [0.4, 0.5) is 12.9 Å². The zero-order chi connectivity index (χ0) is 14.1. The van der Waals surface area contributed by atoms with Gasteiger partial charge in [0.1, 0.15) is 0 Å². The molecule has 0 N–H and O–H groups in total. The topological polar surface area (TPSA) is 13.1 Å². The molecule has 0 unspecified atom stereocenters. The van der Waals surface area contributed by atoms with Crippen LogP contribution in [-0.2, 0) is 0 Å². The summed E-state index contributed by atoms with van der Waals surface area (Å²) in [5.74, 6) is 0. The van der Waals surface area contributed by atoms with Crippen LogP contribution in [0.15, 0.2) is 54.7 Å². The van der Waals surface area contributed by atoms with Gasteiger partial charge in [0.05, 0.1) is 5.56 Å². The summed E-state index contributed by atoms with van der Waals surface area (Å²) in [5.41, 5.74) is 2.23. The van der Waals surface area contributed by atoms with Crippen LogP contribution in [-0.4, -0.2) is 14.2 Å². The summed E-state index contributed by atoms with van der Waals surface area (Å²) >= 11 is 0. The molecule has 1 heterocycles. The second-order valence-electron chi connectivity index (χ2n) is 3.44. The van der Waals surface area contributed by atoms with Crippen LogP contribution in [0, 0.1) is 0 Å². The molecule has 0 atom stereocenters. The normalized spacial score (nSPS) is 8.80. The standard InChI is InChI=1S/C13H14NO.BF3.FH/c1-2-15-14-11-7-6-10-13(14)12-8-4-3-5-9-12;2-1(3)4;/h3-11H,2H2,1H3;;1H/q+1;;/p-1. The molecule has 0 aliphatic rings. The number of nitrogens with zero attached hydrogens (tertiary/aromatic N) is 1. The van der Waals surface area contributed by atoms with Gasteiger partial charge in [-0.25, -0.2) is 0 Å². The summed E-state index contributed by atoms with van der Waals surface area (Å²) in [7, 11) is -3.67. The molecule has 2 rings (SSSR count). The van der Waals surface area contributed by atoms with Gasteiger partial charge < -0.3 is 4.70 Å². The summed E-state index contributed by atoms with van der Waals surface area (Å²) in [6.45, 7) is 2.64. The maximum atomic E-state index is 9.67. The summed E-state index contributed by atoms with van der Waals surface area (Å²) in [6.07, 6.45) is 1.92. The van der Waals surface area contributed by atoms with Crippen molar-refractivity contribution in [1.29, 1.82) is 0 Å². The monoisotopic (exact) mass is 287 g/mol. The van der Waals surface area contributed by atoms with Gasteiger partial charge in [0.25, 0.3) is 5.69 Å². The van der Waals surface area contributed by atoms with Gasteiger partial charge in [0.2, 0.25) is 6.20 Å². The predicted molar refractivity (Wildman–Crippen MR) is 68.3 cm³/mol. The van der Waals surface area contributed by atoms with Crippen LogP contribution in [0.3, 0.4) is 0 Å². The minimum Gasteiger partial charge on any atom is -1.00 e. The highest BCUT2D eigenvalue weighted by Crippen LogP contribution is 2.13. The van der Waals surface area contributed by atoms with Crippen molar-refractivity contribution in [3.8, 4) is 11.3 Å². The van der Waals surface area contributed by atoms with E-state index in [1.54, 1.807) is 4.73 Å². The molecule has 0 bridgehead atoms. The van der Waals surface area contributed by atoms with Crippen molar-refractivity contribution in [2.75, 3.05) is 6.61 Å². The van der Waals surface area contributed by atoms with Crippen molar-refractivity contribution >= 4 is 7.54 Å². The molecule has 0 saturated carbocycles. The summed E-state index contributed by atoms with van der Waals surface area (Å²) in [5, 5.41) is 0. The van der Waals surface area contributed by atoms with Crippen LogP contribution in [0.1, 0.15) is 6.92 Å². The molecule has 0 fully saturated rings. The molecule has 1 aromatic carbocycles. The second-order valence-corrected chi connectivity index (χ2v) is 3.44. The van der Waals surface area contributed by atoms with Gasteiger partial charge in [-0.05, 0) is 25.1 Å². The van der Waals surface area contributed by atoms with E-state index in [1.165, 1.54) is 0 Å². The molecule has 0 radical (unpaired) electrons. The Labute approximate surface area is 115 Å². The Hall–Kier alpha value is -2.05. The van der Waals surface area contributed by atoms with E-state index in [9.17, 15) is 12.9 Å². The number of benzene rings is 1. The molecule has 0 saturated heterocycles. The fourth-order valence-electron chi connectivity index (χ4n) is 1.51. The third-order valence-corrected chi connectivity index (χ3v) is 2.16. The van der Waals surface area contributed by atoms with Crippen molar-refractivity contribution in [3.05, 3.63) is 54.7 Å². The van der Waals surface area contributed by atoms with E-state index in [1.807, 2.05) is 49.5 Å². The molecule has 1 aromatic heterocycles. The first-order valence-electron chi connectivity index (χ1n) is 5.76. The van der Waals surface area contributed by atoms with Crippen molar-refractivity contribution in [2.24, 2.45) is 0 Å². The molecule has 20 heavy (non-hydrogen) atoms. The second kappa shape index (κ2) is 9.83. The van der Waals surface area contributed by atoms with Gasteiger partial charge in [-0.15, -0.1) is 0 Å². The van der Waals surface area contributed by atoms with Crippen LogP contribution in [0.5, 0.6) is 0 Å². The summed E-state index contributed by atoms with van der Waals surface area (Å²) < 4.78 is 30.8. The number of hydrogen-bond donors (Lipinski definition) is 0. The number of hydrogen-bond acceptors (Lipinski definition) is 1. The maximum Gasteiger partial charge on any atom is 0.762 e. The van der Waals surface area contributed by atoms with E-state index >= 15 is 0 Å². The fraction of sp³-hybridized carbons (Fsp3) is 0.154. The van der Waals surface area contributed by atoms with Gasteiger partial charge >= 0.3 is 7.54 Å². The molecule has 0 aliphatic carbocycles. The largest absolute Gasteiger partial charge is 1.00 e. The van der Waals surface area contributed by atoms with Gasteiger partial charge in [0, 0.05) is 16.9 Å². The maximum absolute atomic E-state index is 9.67. The van der Waals surface area contributed by atoms with E-state index in [0.29, 0.717) is 6.61 Å². The van der Waals surface area contributed by atoms with E-state index in [0.717, 1.165) is 11.3 Å². The Kier molecular flexibility index (Phi) is 8.82. The lowest BCUT2D eigenvalue weighted by molar-refractivity contribution is -0.882. The number of rotatable bonds is 3. The number of pyridine rings is 1. The number of halogens is 4. The smallest absolute Gasteiger partial charge is 0.762 e. The highest BCUT2D eigenvalue weighted by atomic mass is 19.4. The Morgan fingerprint density at radius 1 is 1.00 bits per heavy atom. The zero-order valence-corrected chi connectivity index (χ0v) is 10.8. The van der Waals surface area contributed by atoms with Gasteiger partial charge in [-0.1, -0.05) is 18.2 Å². The van der Waals surface area contributed by atoms with Crippen molar-refractivity contribution in [1.82, 2.24) is 0 Å². The highest BCUT2D eigenvalue weighted by molar-refractivity contribution is 6.33. The van der Waals surface area contributed by atoms with Crippen LogP contribution in [0.2, 0.25) is 0 Å². The highest BCUT2D eigenvalue weighted by Gasteiger charge is 2.12. The molecule has 7 heteroatoms.